The third kappa shape index (κ3) is 3.54. The van der Waals surface area contributed by atoms with Crippen molar-refractivity contribution in [2.45, 2.75) is 71.3 Å². The normalized spacial score (nSPS) is 23.9. The van der Waals surface area contributed by atoms with Crippen molar-refractivity contribution < 1.29 is 4.79 Å². The number of aryl methyl sites for hydroxylation is 1. The van der Waals surface area contributed by atoms with E-state index < -0.39 is 0 Å². The Morgan fingerprint density at radius 1 is 1.39 bits per heavy atom. The third-order valence-electron chi connectivity index (χ3n) is 6.18. The number of likely N-dealkylation sites (tertiary alicyclic amines) is 1. The zero-order valence-electron chi connectivity index (χ0n) is 14.5. The first-order valence-corrected chi connectivity index (χ1v) is 9.22. The summed E-state index contributed by atoms with van der Waals surface area (Å²) in [4.78, 5) is 14.7. The van der Waals surface area contributed by atoms with Crippen LogP contribution in [0.3, 0.4) is 0 Å². The summed E-state index contributed by atoms with van der Waals surface area (Å²) in [5, 5.41) is 10.4. The van der Waals surface area contributed by atoms with Crippen LogP contribution in [0.5, 0.6) is 0 Å². The molecule has 23 heavy (non-hydrogen) atoms. The molecule has 0 radical (unpaired) electrons. The van der Waals surface area contributed by atoms with Gasteiger partial charge in [-0.2, -0.15) is 5.10 Å². The summed E-state index contributed by atoms with van der Waals surface area (Å²) in [5.74, 6) is 0. The summed E-state index contributed by atoms with van der Waals surface area (Å²) in [7, 11) is 0. The summed E-state index contributed by atoms with van der Waals surface area (Å²) in [6.45, 7) is 6.39. The number of carbonyl (C=O) groups is 1. The molecule has 1 saturated heterocycles. The zero-order chi connectivity index (χ0) is 16.3. The highest BCUT2D eigenvalue weighted by Crippen LogP contribution is 2.37. The molecule has 5 heteroatoms. The lowest BCUT2D eigenvalue weighted by Gasteiger charge is -2.31. The number of hydrogen-bond donors (Lipinski definition) is 2. The van der Waals surface area contributed by atoms with E-state index in [2.05, 4.69) is 29.4 Å². The highest BCUT2D eigenvalue weighted by Gasteiger charge is 2.31. The van der Waals surface area contributed by atoms with Gasteiger partial charge in [-0.05, 0) is 49.5 Å². The second-order valence-corrected chi connectivity index (χ2v) is 7.31. The molecule has 2 aliphatic rings. The lowest BCUT2D eigenvalue weighted by Crippen LogP contribution is -2.47. The van der Waals surface area contributed by atoms with Gasteiger partial charge in [0.15, 0.2) is 0 Å². The number of rotatable bonds is 3. The van der Waals surface area contributed by atoms with Gasteiger partial charge in [0, 0.05) is 24.8 Å². The maximum absolute atomic E-state index is 12.6. The molecule has 0 spiro atoms. The van der Waals surface area contributed by atoms with Crippen molar-refractivity contribution >= 4 is 6.03 Å². The standard InChI is InChI=1S/C18H30N4O/c1-3-18(4-2)8-5-10-22(11-9-18)17(23)20-15-6-7-16-14(12-15)13-19-21-16/h13,15H,3-12H2,1-2H3,(H,19,21)(H,20,23). The number of nitrogens with one attached hydrogen (secondary N) is 2. The predicted octanol–water partition coefficient (Wildman–Crippen LogP) is 3.27. The highest BCUT2D eigenvalue weighted by atomic mass is 16.2. The number of aromatic amines is 1. The monoisotopic (exact) mass is 318 g/mol. The molecule has 2 amide bonds. The quantitative estimate of drug-likeness (QED) is 0.898. The smallest absolute Gasteiger partial charge is 0.317 e. The van der Waals surface area contributed by atoms with Gasteiger partial charge in [0.2, 0.25) is 0 Å². The molecule has 3 rings (SSSR count). The van der Waals surface area contributed by atoms with E-state index in [-0.39, 0.29) is 12.1 Å². The maximum atomic E-state index is 12.6. The predicted molar refractivity (Wildman–Crippen MR) is 91.4 cm³/mol. The Morgan fingerprint density at radius 3 is 3.00 bits per heavy atom. The topological polar surface area (TPSA) is 61.0 Å². The number of nitrogens with zero attached hydrogens (tertiary/aromatic N) is 2. The molecule has 1 aliphatic heterocycles. The van der Waals surface area contributed by atoms with Gasteiger partial charge < -0.3 is 10.2 Å². The molecule has 128 valence electrons. The minimum absolute atomic E-state index is 0.130. The van der Waals surface area contributed by atoms with Crippen LogP contribution in [0.2, 0.25) is 0 Å². The SMILES string of the molecule is CCC1(CC)CCCN(C(=O)NC2CCc3[nH]ncc3C2)CC1. The Kier molecular flexibility index (Phi) is 4.93. The van der Waals surface area contributed by atoms with Crippen LogP contribution in [-0.4, -0.2) is 40.3 Å². The van der Waals surface area contributed by atoms with Gasteiger partial charge in [0.25, 0.3) is 0 Å². The third-order valence-corrected chi connectivity index (χ3v) is 6.18. The maximum Gasteiger partial charge on any atom is 0.317 e. The summed E-state index contributed by atoms with van der Waals surface area (Å²) < 4.78 is 0. The first-order chi connectivity index (χ1) is 11.2. The van der Waals surface area contributed by atoms with Crippen molar-refractivity contribution in [2.75, 3.05) is 13.1 Å². The number of aromatic nitrogens is 2. The van der Waals surface area contributed by atoms with E-state index in [4.69, 9.17) is 0 Å². The molecule has 0 aromatic carbocycles. The zero-order valence-corrected chi connectivity index (χ0v) is 14.5. The van der Waals surface area contributed by atoms with E-state index in [1.807, 2.05) is 11.1 Å². The highest BCUT2D eigenvalue weighted by molar-refractivity contribution is 5.74. The van der Waals surface area contributed by atoms with Gasteiger partial charge in [-0.3, -0.25) is 5.10 Å². The van der Waals surface area contributed by atoms with E-state index in [1.165, 1.54) is 30.5 Å². The van der Waals surface area contributed by atoms with E-state index in [1.54, 1.807) is 0 Å². The Bertz CT molecular complexity index is 535. The summed E-state index contributed by atoms with van der Waals surface area (Å²) in [6, 6.07) is 0.378. The van der Waals surface area contributed by atoms with Crippen LogP contribution in [0.4, 0.5) is 4.79 Å². The van der Waals surface area contributed by atoms with Gasteiger partial charge in [-0.15, -0.1) is 0 Å². The molecule has 1 aromatic heterocycles. The van der Waals surface area contributed by atoms with Gasteiger partial charge in [0.05, 0.1) is 6.20 Å². The van der Waals surface area contributed by atoms with E-state index in [9.17, 15) is 4.79 Å². The van der Waals surface area contributed by atoms with Crippen molar-refractivity contribution in [1.29, 1.82) is 0 Å². The van der Waals surface area contributed by atoms with Crippen LogP contribution in [-0.2, 0) is 12.8 Å². The minimum atomic E-state index is 0.130. The molecule has 2 N–H and O–H groups in total. The van der Waals surface area contributed by atoms with Gasteiger partial charge in [-0.1, -0.05) is 26.7 Å². The molecule has 0 saturated carbocycles. The van der Waals surface area contributed by atoms with Crippen LogP contribution < -0.4 is 5.32 Å². The molecule has 1 aromatic rings. The molecule has 0 bridgehead atoms. The van der Waals surface area contributed by atoms with Gasteiger partial charge >= 0.3 is 6.03 Å². The van der Waals surface area contributed by atoms with Crippen molar-refractivity contribution in [3.63, 3.8) is 0 Å². The fourth-order valence-corrected chi connectivity index (χ4v) is 4.22. The van der Waals surface area contributed by atoms with Crippen LogP contribution in [0.1, 0.15) is 63.6 Å². The molecule has 5 nitrogen and oxygen atoms in total. The molecule has 2 heterocycles. The van der Waals surface area contributed by atoms with Crippen molar-refractivity contribution in [1.82, 2.24) is 20.4 Å². The molecule has 1 fully saturated rings. The minimum Gasteiger partial charge on any atom is -0.335 e. The average Bonchev–Trinajstić information content (AvgIpc) is 2.92. The van der Waals surface area contributed by atoms with E-state index in [0.717, 1.165) is 45.2 Å². The molecular formula is C18H30N4O. The van der Waals surface area contributed by atoms with Crippen LogP contribution in [0.15, 0.2) is 6.20 Å². The molecule has 1 atom stereocenters. The lowest BCUT2D eigenvalue weighted by atomic mass is 9.76. The number of fused-ring (bicyclic) bond motifs is 1. The summed E-state index contributed by atoms with van der Waals surface area (Å²) in [6.07, 6.45) is 10.8. The Morgan fingerprint density at radius 2 is 2.22 bits per heavy atom. The fourth-order valence-electron chi connectivity index (χ4n) is 4.22. The van der Waals surface area contributed by atoms with Crippen molar-refractivity contribution in [3.05, 3.63) is 17.5 Å². The second-order valence-electron chi connectivity index (χ2n) is 7.31. The number of carbonyl (C=O) groups excluding carboxylic acids is 1. The summed E-state index contributed by atoms with van der Waals surface area (Å²) >= 11 is 0. The number of urea groups is 1. The Hall–Kier alpha value is -1.52. The van der Waals surface area contributed by atoms with Gasteiger partial charge in [0.1, 0.15) is 0 Å². The Balaban J connectivity index is 1.55. The molecular weight excluding hydrogens is 288 g/mol. The van der Waals surface area contributed by atoms with E-state index >= 15 is 0 Å². The fraction of sp³-hybridized carbons (Fsp3) is 0.778. The van der Waals surface area contributed by atoms with Crippen LogP contribution in [0.25, 0.3) is 0 Å². The number of hydrogen-bond acceptors (Lipinski definition) is 2. The first-order valence-electron chi connectivity index (χ1n) is 9.22. The Labute approximate surface area is 139 Å². The average molecular weight is 318 g/mol. The van der Waals surface area contributed by atoms with E-state index in [0.29, 0.717) is 5.41 Å². The summed E-state index contributed by atoms with van der Waals surface area (Å²) in [5.41, 5.74) is 2.94. The van der Waals surface area contributed by atoms with Crippen molar-refractivity contribution in [3.8, 4) is 0 Å². The van der Waals surface area contributed by atoms with Crippen LogP contribution >= 0.6 is 0 Å². The van der Waals surface area contributed by atoms with Crippen LogP contribution in [0, 0.1) is 5.41 Å². The molecule has 1 aliphatic carbocycles. The van der Waals surface area contributed by atoms with Crippen molar-refractivity contribution in [2.24, 2.45) is 5.41 Å². The largest absolute Gasteiger partial charge is 0.335 e. The number of H-pyrrole nitrogens is 1. The second kappa shape index (κ2) is 6.93. The molecule has 1 unspecified atom stereocenters. The number of amides is 2. The first kappa shape index (κ1) is 16.3. The van der Waals surface area contributed by atoms with Gasteiger partial charge in [-0.25, -0.2) is 4.79 Å². The lowest BCUT2D eigenvalue weighted by molar-refractivity contribution is 0.186.